The average Bonchev–Trinajstić information content (AvgIpc) is 2.74. The molecule has 0 radical (unpaired) electrons. The van der Waals surface area contributed by atoms with Crippen molar-refractivity contribution in [2.24, 2.45) is 0 Å². The van der Waals surface area contributed by atoms with E-state index in [2.05, 4.69) is 13.8 Å². The molecule has 0 unspecified atom stereocenters. The zero-order chi connectivity index (χ0) is 21.0. The molecule has 7 heteroatoms. The Labute approximate surface area is 168 Å². The molecule has 0 saturated carbocycles. The molecule has 29 heavy (non-hydrogen) atoms. The van der Waals surface area contributed by atoms with Gasteiger partial charge in [-0.15, -0.1) is 0 Å². The van der Waals surface area contributed by atoms with Crippen LogP contribution in [0.4, 0.5) is 8.78 Å². The fraction of sp³-hybridized carbons (Fsp3) is 0.364. The molecule has 5 nitrogen and oxygen atoms in total. The zero-order valence-electron chi connectivity index (χ0n) is 16.5. The maximum atomic E-state index is 13.3. The van der Waals surface area contributed by atoms with Crippen LogP contribution in [0.5, 0.6) is 5.75 Å². The Kier molecular flexibility index (Phi) is 6.46. The molecule has 3 rings (SSSR count). The number of hydrogen-bond acceptors (Lipinski definition) is 3. The van der Waals surface area contributed by atoms with E-state index in [9.17, 15) is 18.4 Å². The second kappa shape index (κ2) is 9.03. The van der Waals surface area contributed by atoms with E-state index < -0.39 is 11.6 Å². The standard InChI is InChI=1S/C22H24F2N2O3/c1-15(2)16-3-6-18(7-4-16)29-14-21(27)25-9-11-26(12-10-25)22(28)17-5-8-19(23)20(24)13-17/h3-8,13,15H,9-12,14H2,1-2H3. The maximum Gasteiger partial charge on any atom is 0.260 e. The fourth-order valence-corrected chi connectivity index (χ4v) is 3.16. The summed E-state index contributed by atoms with van der Waals surface area (Å²) in [6, 6.07) is 10.8. The number of piperazine rings is 1. The van der Waals surface area contributed by atoms with Crippen LogP contribution < -0.4 is 4.74 Å². The predicted octanol–water partition coefficient (Wildman–Crippen LogP) is 3.45. The van der Waals surface area contributed by atoms with E-state index in [4.69, 9.17) is 4.74 Å². The van der Waals surface area contributed by atoms with Crippen LogP contribution in [-0.2, 0) is 4.79 Å². The molecule has 1 fully saturated rings. The second-order valence-electron chi connectivity index (χ2n) is 7.31. The van der Waals surface area contributed by atoms with Crippen LogP contribution in [0.2, 0.25) is 0 Å². The Bertz CT molecular complexity index is 876. The first-order chi connectivity index (χ1) is 13.8. The fourth-order valence-electron chi connectivity index (χ4n) is 3.16. The van der Waals surface area contributed by atoms with Gasteiger partial charge >= 0.3 is 0 Å². The van der Waals surface area contributed by atoms with Gasteiger partial charge in [-0.3, -0.25) is 9.59 Å². The lowest BCUT2D eigenvalue weighted by atomic mass is 10.0. The highest BCUT2D eigenvalue weighted by molar-refractivity contribution is 5.94. The largest absolute Gasteiger partial charge is 0.484 e. The summed E-state index contributed by atoms with van der Waals surface area (Å²) < 4.78 is 32.0. The summed E-state index contributed by atoms with van der Waals surface area (Å²) in [6.07, 6.45) is 0. The Morgan fingerprint density at radius 2 is 1.55 bits per heavy atom. The molecule has 2 amide bonds. The Balaban J connectivity index is 1.48. The molecule has 0 aromatic heterocycles. The Morgan fingerprint density at radius 3 is 2.14 bits per heavy atom. The van der Waals surface area contributed by atoms with Crippen molar-refractivity contribution in [2.45, 2.75) is 19.8 Å². The van der Waals surface area contributed by atoms with Crippen LogP contribution in [-0.4, -0.2) is 54.4 Å². The minimum atomic E-state index is -1.05. The molecule has 1 aliphatic heterocycles. The smallest absolute Gasteiger partial charge is 0.260 e. The molecule has 2 aromatic rings. The molecular formula is C22H24F2N2O3. The van der Waals surface area contributed by atoms with Gasteiger partial charge in [0.1, 0.15) is 5.75 Å². The number of carbonyl (C=O) groups is 2. The lowest BCUT2D eigenvalue weighted by Crippen LogP contribution is -2.51. The second-order valence-corrected chi connectivity index (χ2v) is 7.31. The molecule has 1 heterocycles. The summed E-state index contributed by atoms with van der Waals surface area (Å²) in [5.41, 5.74) is 1.29. The van der Waals surface area contributed by atoms with Crippen LogP contribution in [0.3, 0.4) is 0 Å². The number of amides is 2. The van der Waals surface area contributed by atoms with Crippen LogP contribution in [0.25, 0.3) is 0 Å². The molecular weight excluding hydrogens is 378 g/mol. The first-order valence-corrected chi connectivity index (χ1v) is 9.60. The molecule has 2 aromatic carbocycles. The summed E-state index contributed by atoms with van der Waals surface area (Å²) in [6.45, 7) is 5.53. The topological polar surface area (TPSA) is 49.9 Å². The lowest BCUT2D eigenvalue weighted by Gasteiger charge is -2.34. The van der Waals surface area contributed by atoms with E-state index in [1.807, 2.05) is 24.3 Å². The monoisotopic (exact) mass is 402 g/mol. The van der Waals surface area contributed by atoms with Crippen LogP contribution in [0.1, 0.15) is 35.7 Å². The highest BCUT2D eigenvalue weighted by Gasteiger charge is 2.25. The number of rotatable bonds is 5. The highest BCUT2D eigenvalue weighted by atomic mass is 19.2. The summed E-state index contributed by atoms with van der Waals surface area (Å²) >= 11 is 0. The van der Waals surface area contributed by atoms with Crippen molar-refractivity contribution >= 4 is 11.8 Å². The van der Waals surface area contributed by atoms with Crippen LogP contribution >= 0.6 is 0 Å². The van der Waals surface area contributed by atoms with Crippen molar-refractivity contribution < 1.29 is 23.1 Å². The van der Waals surface area contributed by atoms with Gasteiger partial charge in [-0.25, -0.2) is 8.78 Å². The number of halogens is 2. The quantitative estimate of drug-likeness (QED) is 0.770. The van der Waals surface area contributed by atoms with E-state index >= 15 is 0 Å². The molecule has 1 saturated heterocycles. The maximum absolute atomic E-state index is 13.3. The van der Waals surface area contributed by atoms with E-state index in [1.54, 1.807) is 4.90 Å². The van der Waals surface area contributed by atoms with Crippen molar-refractivity contribution in [3.63, 3.8) is 0 Å². The average molecular weight is 402 g/mol. The first kappa shape index (κ1) is 20.8. The molecule has 0 aliphatic carbocycles. The van der Waals surface area contributed by atoms with E-state index in [1.165, 1.54) is 16.5 Å². The zero-order valence-corrected chi connectivity index (χ0v) is 16.5. The van der Waals surface area contributed by atoms with E-state index in [0.717, 1.165) is 12.1 Å². The van der Waals surface area contributed by atoms with Gasteiger partial charge in [0.25, 0.3) is 11.8 Å². The normalized spacial score (nSPS) is 14.2. The molecule has 0 spiro atoms. The van der Waals surface area contributed by atoms with Gasteiger partial charge in [0.2, 0.25) is 0 Å². The third-order valence-electron chi connectivity index (χ3n) is 5.00. The SMILES string of the molecule is CC(C)c1ccc(OCC(=O)N2CCN(C(=O)c3ccc(F)c(F)c3)CC2)cc1. The predicted molar refractivity (Wildman–Crippen MR) is 105 cm³/mol. The minimum absolute atomic E-state index is 0.0713. The van der Waals surface area contributed by atoms with Crippen LogP contribution in [0.15, 0.2) is 42.5 Å². The van der Waals surface area contributed by atoms with Crippen molar-refractivity contribution in [3.05, 3.63) is 65.2 Å². The Morgan fingerprint density at radius 1 is 0.931 bits per heavy atom. The molecule has 0 bridgehead atoms. The summed E-state index contributed by atoms with van der Waals surface area (Å²) in [7, 11) is 0. The van der Waals surface area contributed by atoms with Crippen LogP contribution in [0, 0.1) is 11.6 Å². The molecule has 1 aliphatic rings. The van der Waals surface area contributed by atoms with E-state index in [0.29, 0.717) is 37.8 Å². The van der Waals surface area contributed by atoms with Gasteiger partial charge in [-0.05, 0) is 41.8 Å². The number of hydrogen-bond donors (Lipinski definition) is 0. The Hall–Kier alpha value is -2.96. The number of carbonyl (C=O) groups excluding carboxylic acids is 2. The van der Waals surface area contributed by atoms with Crippen molar-refractivity contribution in [1.29, 1.82) is 0 Å². The van der Waals surface area contributed by atoms with Gasteiger partial charge in [-0.2, -0.15) is 0 Å². The van der Waals surface area contributed by atoms with Crippen molar-refractivity contribution in [2.75, 3.05) is 32.8 Å². The van der Waals surface area contributed by atoms with Gasteiger partial charge < -0.3 is 14.5 Å². The van der Waals surface area contributed by atoms with Gasteiger partial charge in [0.05, 0.1) is 0 Å². The summed E-state index contributed by atoms with van der Waals surface area (Å²) in [5.74, 6) is -1.51. The third-order valence-corrected chi connectivity index (χ3v) is 5.00. The summed E-state index contributed by atoms with van der Waals surface area (Å²) in [5, 5.41) is 0. The third kappa shape index (κ3) is 5.10. The number of ether oxygens (including phenoxy) is 1. The van der Waals surface area contributed by atoms with Gasteiger partial charge in [0.15, 0.2) is 18.2 Å². The van der Waals surface area contributed by atoms with Gasteiger partial charge in [0, 0.05) is 31.7 Å². The molecule has 0 atom stereocenters. The van der Waals surface area contributed by atoms with E-state index in [-0.39, 0.29) is 24.0 Å². The molecule has 154 valence electrons. The summed E-state index contributed by atoms with van der Waals surface area (Å²) in [4.78, 5) is 28.0. The molecule has 0 N–H and O–H groups in total. The van der Waals surface area contributed by atoms with Crippen molar-refractivity contribution in [3.8, 4) is 5.75 Å². The van der Waals surface area contributed by atoms with Gasteiger partial charge in [-0.1, -0.05) is 26.0 Å². The lowest BCUT2D eigenvalue weighted by molar-refractivity contribution is -0.134. The van der Waals surface area contributed by atoms with Crippen molar-refractivity contribution in [1.82, 2.24) is 9.80 Å². The minimum Gasteiger partial charge on any atom is -0.484 e. The number of nitrogens with zero attached hydrogens (tertiary/aromatic N) is 2. The highest BCUT2D eigenvalue weighted by Crippen LogP contribution is 2.19. The first-order valence-electron chi connectivity index (χ1n) is 9.60. The number of benzene rings is 2.